The molecule has 1 N–H and O–H groups in total. The van der Waals surface area contributed by atoms with E-state index in [1.54, 1.807) is 60.8 Å². The van der Waals surface area contributed by atoms with Crippen LogP contribution in [0.1, 0.15) is 0 Å². The van der Waals surface area contributed by atoms with Crippen molar-refractivity contribution in [3.05, 3.63) is 89.2 Å². The molecule has 1 aromatic heterocycles. The lowest BCUT2D eigenvalue weighted by Gasteiger charge is -2.25. The SMILES string of the molecule is COc1ccc(N(CC(=O)Nc2ccc(Cl)c(Cl)c2)S(=O)(=O)c2cccc3cnccc23)cc1. The Morgan fingerprint density at radius 1 is 1.03 bits per heavy atom. The first-order valence-corrected chi connectivity index (χ1v) is 12.2. The standard InChI is InChI=1S/C24H19Cl2N3O4S/c1-33-19-8-6-18(7-9-19)29(15-24(30)28-17-5-10-21(25)22(26)13-17)34(31,32)23-4-2-3-16-14-27-12-11-20(16)23/h2-14H,15H2,1H3,(H,28,30). The fraction of sp³-hybridized carbons (Fsp3) is 0.0833. The molecule has 7 nitrogen and oxygen atoms in total. The second kappa shape index (κ2) is 9.89. The van der Waals surface area contributed by atoms with Gasteiger partial charge in [-0.2, -0.15) is 0 Å². The van der Waals surface area contributed by atoms with Gasteiger partial charge in [-0.05, 0) is 54.6 Å². The first kappa shape index (κ1) is 23.8. The minimum absolute atomic E-state index is 0.0607. The predicted octanol–water partition coefficient (Wildman–Crippen LogP) is 5.38. The van der Waals surface area contributed by atoms with E-state index < -0.39 is 22.5 Å². The van der Waals surface area contributed by atoms with Crippen molar-refractivity contribution in [3.63, 3.8) is 0 Å². The number of pyridine rings is 1. The minimum atomic E-state index is -4.15. The number of fused-ring (bicyclic) bond motifs is 1. The molecule has 4 aromatic rings. The van der Waals surface area contributed by atoms with Crippen molar-refractivity contribution in [2.24, 2.45) is 0 Å². The number of hydrogen-bond acceptors (Lipinski definition) is 5. The third-order valence-corrected chi connectivity index (χ3v) is 7.63. The molecule has 34 heavy (non-hydrogen) atoms. The van der Waals surface area contributed by atoms with Gasteiger partial charge in [0.1, 0.15) is 12.3 Å². The number of nitrogens with zero attached hydrogens (tertiary/aromatic N) is 2. The van der Waals surface area contributed by atoms with Gasteiger partial charge in [-0.25, -0.2) is 8.42 Å². The molecule has 0 aliphatic carbocycles. The predicted molar refractivity (Wildman–Crippen MR) is 134 cm³/mol. The van der Waals surface area contributed by atoms with Crippen LogP contribution in [0.15, 0.2) is 84.0 Å². The summed E-state index contributed by atoms with van der Waals surface area (Å²) in [6.07, 6.45) is 3.11. The fourth-order valence-corrected chi connectivity index (χ4v) is 5.34. The quantitative estimate of drug-likeness (QED) is 0.356. The van der Waals surface area contributed by atoms with E-state index in [2.05, 4.69) is 10.3 Å². The summed E-state index contributed by atoms with van der Waals surface area (Å²) >= 11 is 12.0. The molecule has 0 bridgehead atoms. The number of rotatable bonds is 7. The van der Waals surface area contributed by atoms with Crippen molar-refractivity contribution in [2.45, 2.75) is 4.90 Å². The molecule has 0 fully saturated rings. The van der Waals surface area contributed by atoms with Crippen LogP contribution in [0.25, 0.3) is 10.8 Å². The number of nitrogens with one attached hydrogen (secondary N) is 1. The Morgan fingerprint density at radius 2 is 1.79 bits per heavy atom. The van der Waals surface area contributed by atoms with Crippen molar-refractivity contribution >= 4 is 61.3 Å². The van der Waals surface area contributed by atoms with Gasteiger partial charge in [0.2, 0.25) is 5.91 Å². The van der Waals surface area contributed by atoms with Gasteiger partial charge in [0, 0.05) is 28.9 Å². The number of carbonyl (C=O) groups excluding carboxylic acids is 1. The molecule has 4 rings (SSSR count). The number of anilines is 2. The summed E-state index contributed by atoms with van der Waals surface area (Å²) in [7, 11) is -2.63. The summed E-state index contributed by atoms with van der Waals surface area (Å²) in [6, 6.07) is 17.6. The highest BCUT2D eigenvalue weighted by Gasteiger charge is 2.29. The maximum Gasteiger partial charge on any atom is 0.265 e. The Hall–Kier alpha value is -3.33. The summed E-state index contributed by atoms with van der Waals surface area (Å²) in [4.78, 5) is 17.0. The lowest BCUT2D eigenvalue weighted by Crippen LogP contribution is -2.38. The van der Waals surface area contributed by atoms with Crippen LogP contribution in [-0.4, -0.2) is 33.0 Å². The van der Waals surface area contributed by atoms with E-state index in [0.717, 1.165) is 4.31 Å². The van der Waals surface area contributed by atoms with Gasteiger partial charge in [-0.3, -0.25) is 14.1 Å². The van der Waals surface area contributed by atoms with E-state index in [-0.39, 0.29) is 9.92 Å². The van der Waals surface area contributed by atoms with Gasteiger partial charge in [0.05, 0.1) is 27.7 Å². The fourth-order valence-electron chi connectivity index (χ4n) is 3.40. The van der Waals surface area contributed by atoms with Gasteiger partial charge >= 0.3 is 0 Å². The number of sulfonamides is 1. The van der Waals surface area contributed by atoms with Crippen LogP contribution >= 0.6 is 23.2 Å². The Kier molecular flexibility index (Phi) is 6.92. The van der Waals surface area contributed by atoms with Crippen LogP contribution in [0.2, 0.25) is 10.0 Å². The van der Waals surface area contributed by atoms with Gasteiger partial charge < -0.3 is 10.1 Å². The monoisotopic (exact) mass is 515 g/mol. The summed E-state index contributed by atoms with van der Waals surface area (Å²) in [5.74, 6) is -0.00252. The molecular weight excluding hydrogens is 497 g/mol. The second-order valence-corrected chi connectivity index (χ2v) is 9.88. The van der Waals surface area contributed by atoms with Crippen molar-refractivity contribution in [3.8, 4) is 5.75 Å². The molecule has 10 heteroatoms. The molecule has 0 saturated carbocycles. The lowest BCUT2D eigenvalue weighted by atomic mass is 10.2. The van der Waals surface area contributed by atoms with Crippen LogP contribution < -0.4 is 14.4 Å². The van der Waals surface area contributed by atoms with E-state index in [0.29, 0.717) is 32.9 Å². The highest BCUT2D eigenvalue weighted by molar-refractivity contribution is 7.93. The first-order chi connectivity index (χ1) is 16.3. The molecule has 0 radical (unpaired) electrons. The molecule has 174 valence electrons. The first-order valence-electron chi connectivity index (χ1n) is 10.0. The summed E-state index contributed by atoms with van der Waals surface area (Å²) in [5.41, 5.74) is 0.693. The maximum absolute atomic E-state index is 13.8. The van der Waals surface area contributed by atoms with E-state index in [9.17, 15) is 13.2 Å². The number of ether oxygens (including phenoxy) is 1. The smallest absolute Gasteiger partial charge is 0.265 e. The Labute approximate surface area is 206 Å². The zero-order valence-corrected chi connectivity index (χ0v) is 20.2. The second-order valence-electron chi connectivity index (χ2n) is 7.24. The number of benzene rings is 3. The highest BCUT2D eigenvalue weighted by atomic mass is 35.5. The third kappa shape index (κ3) is 4.94. The Morgan fingerprint density at radius 3 is 2.50 bits per heavy atom. The zero-order valence-electron chi connectivity index (χ0n) is 17.9. The average Bonchev–Trinajstić information content (AvgIpc) is 2.84. The molecule has 1 heterocycles. The van der Waals surface area contributed by atoms with Gasteiger partial charge in [-0.15, -0.1) is 0 Å². The van der Waals surface area contributed by atoms with Crippen LogP contribution in [0.4, 0.5) is 11.4 Å². The molecule has 0 saturated heterocycles. The summed E-state index contributed by atoms with van der Waals surface area (Å²) < 4.78 is 33.9. The zero-order chi connectivity index (χ0) is 24.3. The van der Waals surface area contributed by atoms with Crippen molar-refractivity contribution in [1.82, 2.24) is 4.98 Å². The largest absolute Gasteiger partial charge is 0.497 e. The molecule has 0 aliphatic rings. The molecule has 0 spiro atoms. The number of amides is 1. The summed E-state index contributed by atoms with van der Waals surface area (Å²) in [5, 5.41) is 4.44. The van der Waals surface area contributed by atoms with Crippen LogP contribution in [-0.2, 0) is 14.8 Å². The van der Waals surface area contributed by atoms with E-state index in [4.69, 9.17) is 27.9 Å². The Bertz CT molecular complexity index is 1460. The molecule has 3 aromatic carbocycles. The van der Waals surface area contributed by atoms with Crippen molar-refractivity contribution in [1.29, 1.82) is 0 Å². The number of aromatic nitrogens is 1. The van der Waals surface area contributed by atoms with Crippen LogP contribution in [0.5, 0.6) is 5.75 Å². The number of hydrogen-bond donors (Lipinski definition) is 1. The molecule has 0 atom stereocenters. The Balaban J connectivity index is 1.74. The highest BCUT2D eigenvalue weighted by Crippen LogP contribution is 2.30. The van der Waals surface area contributed by atoms with Crippen LogP contribution in [0.3, 0.4) is 0 Å². The van der Waals surface area contributed by atoms with Gasteiger partial charge in [0.25, 0.3) is 10.0 Å². The van der Waals surface area contributed by atoms with E-state index in [1.807, 2.05) is 0 Å². The molecule has 0 unspecified atom stereocenters. The molecular formula is C24H19Cl2N3O4S. The van der Waals surface area contributed by atoms with Crippen LogP contribution in [0, 0.1) is 0 Å². The van der Waals surface area contributed by atoms with Crippen molar-refractivity contribution in [2.75, 3.05) is 23.3 Å². The third-order valence-electron chi connectivity index (χ3n) is 5.06. The maximum atomic E-state index is 13.8. The van der Waals surface area contributed by atoms with E-state index in [1.165, 1.54) is 25.4 Å². The molecule has 1 amide bonds. The topological polar surface area (TPSA) is 88.6 Å². The van der Waals surface area contributed by atoms with E-state index >= 15 is 0 Å². The number of methoxy groups -OCH3 is 1. The average molecular weight is 516 g/mol. The molecule has 0 aliphatic heterocycles. The number of carbonyl (C=O) groups is 1. The normalized spacial score (nSPS) is 11.3. The van der Waals surface area contributed by atoms with Crippen molar-refractivity contribution < 1.29 is 17.9 Å². The number of halogens is 2. The lowest BCUT2D eigenvalue weighted by molar-refractivity contribution is -0.114. The summed E-state index contributed by atoms with van der Waals surface area (Å²) in [6.45, 7) is -0.476. The van der Waals surface area contributed by atoms with Gasteiger partial charge in [-0.1, -0.05) is 35.3 Å². The minimum Gasteiger partial charge on any atom is -0.497 e. The van der Waals surface area contributed by atoms with Gasteiger partial charge in [0.15, 0.2) is 0 Å².